The summed E-state index contributed by atoms with van der Waals surface area (Å²) < 4.78 is 5.09. The Morgan fingerprint density at radius 2 is 2.14 bits per heavy atom. The SMILES string of the molecule is COCCN(Cc1ccccn1)C(=O)CC(N)C(C)(C)C. The average Bonchev–Trinajstić information content (AvgIpc) is 2.43. The molecule has 21 heavy (non-hydrogen) atoms. The molecule has 1 atom stereocenters. The first-order valence-electron chi connectivity index (χ1n) is 7.26. The Kier molecular flexibility index (Phi) is 6.78. The van der Waals surface area contributed by atoms with Gasteiger partial charge in [-0.25, -0.2) is 0 Å². The predicted molar refractivity (Wildman–Crippen MR) is 83.6 cm³/mol. The van der Waals surface area contributed by atoms with E-state index in [2.05, 4.69) is 4.98 Å². The number of hydrogen-bond donors (Lipinski definition) is 1. The topological polar surface area (TPSA) is 68.5 Å². The normalized spacial score (nSPS) is 13.0. The van der Waals surface area contributed by atoms with Crippen molar-refractivity contribution < 1.29 is 9.53 Å². The minimum Gasteiger partial charge on any atom is -0.383 e. The van der Waals surface area contributed by atoms with Crippen molar-refractivity contribution in [1.82, 2.24) is 9.88 Å². The van der Waals surface area contributed by atoms with Crippen LogP contribution in [0.2, 0.25) is 0 Å². The smallest absolute Gasteiger partial charge is 0.224 e. The van der Waals surface area contributed by atoms with Gasteiger partial charge in [0.1, 0.15) is 0 Å². The minimum atomic E-state index is -0.168. The van der Waals surface area contributed by atoms with Gasteiger partial charge in [-0.3, -0.25) is 9.78 Å². The third-order valence-corrected chi connectivity index (χ3v) is 3.50. The first kappa shape index (κ1) is 17.6. The standard InChI is InChI=1S/C16H27N3O2/c1-16(2,3)14(17)11-15(20)19(9-10-21-4)12-13-7-5-6-8-18-13/h5-8,14H,9-12,17H2,1-4H3. The highest BCUT2D eigenvalue weighted by atomic mass is 16.5. The number of nitrogens with two attached hydrogens (primary N) is 1. The molecule has 5 nitrogen and oxygen atoms in total. The summed E-state index contributed by atoms with van der Waals surface area (Å²) in [6.07, 6.45) is 2.06. The second-order valence-corrected chi connectivity index (χ2v) is 6.31. The molecule has 0 saturated carbocycles. The van der Waals surface area contributed by atoms with Crippen molar-refractivity contribution in [3.63, 3.8) is 0 Å². The number of methoxy groups -OCH3 is 1. The number of aromatic nitrogens is 1. The number of carbonyl (C=O) groups excluding carboxylic acids is 1. The summed E-state index contributed by atoms with van der Waals surface area (Å²) >= 11 is 0. The highest BCUT2D eigenvalue weighted by Crippen LogP contribution is 2.20. The van der Waals surface area contributed by atoms with Crippen LogP contribution in [0.3, 0.4) is 0 Å². The van der Waals surface area contributed by atoms with Crippen LogP contribution in [0.4, 0.5) is 0 Å². The highest BCUT2D eigenvalue weighted by molar-refractivity contribution is 5.76. The summed E-state index contributed by atoms with van der Waals surface area (Å²) in [5.74, 6) is 0.0418. The zero-order valence-electron chi connectivity index (χ0n) is 13.5. The van der Waals surface area contributed by atoms with Gasteiger partial charge in [0.25, 0.3) is 0 Å². The molecule has 0 bridgehead atoms. The van der Waals surface area contributed by atoms with Gasteiger partial charge >= 0.3 is 0 Å². The van der Waals surface area contributed by atoms with Crippen LogP contribution < -0.4 is 5.73 Å². The lowest BCUT2D eigenvalue weighted by atomic mass is 9.85. The van der Waals surface area contributed by atoms with Gasteiger partial charge in [-0.05, 0) is 17.5 Å². The first-order chi connectivity index (χ1) is 9.84. The number of carbonyl (C=O) groups is 1. The Balaban J connectivity index is 2.70. The van der Waals surface area contributed by atoms with Gasteiger partial charge in [-0.1, -0.05) is 26.8 Å². The van der Waals surface area contributed by atoms with Crippen LogP contribution in [0.5, 0.6) is 0 Å². The molecule has 1 heterocycles. The predicted octanol–water partition coefficient (Wildman–Crippen LogP) is 1.82. The fourth-order valence-electron chi connectivity index (χ4n) is 1.80. The lowest BCUT2D eigenvalue weighted by Crippen LogP contribution is -2.42. The zero-order chi connectivity index (χ0) is 15.9. The van der Waals surface area contributed by atoms with Crippen LogP contribution in [0, 0.1) is 5.41 Å². The van der Waals surface area contributed by atoms with Gasteiger partial charge in [-0.2, -0.15) is 0 Å². The van der Waals surface area contributed by atoms with Crippen LogP contribution in [0.15, 0.2) is 24.4 Å². The van der Waals surface area contributed by atoms with E-state index in [1.165, 1.54) is 0 Å². The summed E-state index contributed by atoms with van der Waals surface area (Å²) in [6, 6.07) is 5.53. The van der Waals surface area contributed by atoms with Gasteiger partial charge < -0.3 is 15.4 Å². The monoisotopic (exact) mass is 293 g/mol. The summed E-state index contributed by atoms with van der Waals surface area (Å²) in [5.41, 5.74) is 6.89. The number of amides is 1. The Hall–Kier alpha value is -1.46. The molecule has 1 unspecified atom stereocenters. The average molecular weight is 293 g/mol. The number of ether oxygens (including phenoxy) is 1. The molecule has 2 N–H and O–H groups in total. The van der Waals surface area contributed by atoms with Gasteiger partial charge in [0.05, 0.1) is 18.8 Å². The number of pyridine rings is 1. The van der Waals surface area contributed by atoms with Crippen LogP contribution in [-0.4, -0.2) is 42.1 Å². The maximum absolute atomic E-state index is 12.5. The fraction of sp³-hybridized carbons (Fsp3) is 0.625. The zero-order valence-corrected chi connectivity index (χ0v) is 13.5. The molecule has 0 aliphatic carbocycles. The molecule has 1 aromatic heterocycles. The molecule has 0 saturated heterocycles. The maximum atomic E-state index is 12.5. The molecule has 118 valence electrons. The molecule has 0 fully saturated rings. The first-order valence-corrected chi connectivity index (χ1v) is 7.26. The molecular weight excluding hydrogens is 266 g/mol. The number of hydrogen-bond acceptors (Lipinski definition) is 4. The molecule has 0 aliphatic heterocycles. The lowest BCUT2D eigenvalue weighted by molar-refractivity contribution is -0.133. The summed E-state index contributed by atoms with van der Waals surface area (Å²) in [6.45, 7) is 7.67. The molecule has 1 rings (SSSR count). The second-order valence-electron chi connectivity index (χ2n) is 6.31. The third kappa shape index (κ3) is 6.23. The van der Waals surface area contributed by atoms with E-state index in [1.54, 1.807) is 18.2 Å². The van der Waals surface area contributed by atoms with Gasteiger partial charge in [0.15, 0.2) is 0 Å². The highest BCUT2D eigenvalue weighted by Gasteiger charge is 2.25. The summed E-state index contributed by atoms with van der Waals surface area (Å²) in [5, 5.41) is 0. The molecule has 5 heteroatoms. The Bertz CT molecular complexity index is 429. The third-order valence-electron chi connectivity index (χ3n) is 3.50. The van der Waals surface area contributed by atoms with E-state index in [1.807, 2.05) is 39.0 Å². The second kappa shape index (κ2) is 8.10. The molecule has 0 aromatic carbocycles. The van der Waals surface area contributed by atoms with E-state index in [4.69, 9.17) is 10.5 Å². The van der Waals surface area contributed by atoms with Crippen molar-refractivity contribution in [2.24, 2.45) is 11.1 Å². The van der Waals surface area contributed by atoms with Crippen molar-refractivity contribution in [2.75, 3.05) is 20.3 Å². The van der Waals surface area contributed by atoms with E-state index in [0.29, 0.717) is 26.1 Å². The van der Waals surface area contributed by atoms with Crippen LogP contribution >= 0.6 is 0 Å². The van der Waals surface area contributed by atoms with Crippen molar-refractivity contribution in [1.29, 1.82) is 0 Å². The number of nitrogens with zero attached hydrogens (tertiary/aromatic N) is 2. The quantitative estimate of drug-likeness (QED) is 0.832. The van der Waals surface area contributed by atoms with Crippen LogP contribution in [0.25, 0.3) is 0 Å². The van der Waals surface area contributed by atoms with Crippen molar-refractivity contribution in [2.45, 2.75) is 39.8 Å². The molecule has 1 aromatic rings. The minimum absolute atomic E-state index is 0.0418. The Morgan fingerprint density at radius 3 is 2.67 bits per heavy atom. The van der Waals surface area contributed by atoms with E-state index in [0.717, 1.165) is 5.69 Å². The van der Waals surface area contributed by atoms with E-state index >= 15 is 0 Å². The molecule has 0 aliphatic rings. The molecule has 0 spiro atoms. The van der Waals surface area contributed by atoms with Gasteiger partial charge in [0.2, 0.25) is 5.91 Å². The van der Waals surface area contributed by atoms with Gasteiger partial charge in [-0.15, -0.1) is 0 Å². The largest absolute Gasteiger partial charge is 0.383 e. The van der Waals surface area contributed by atoms with E-state index in [-0.39, 0.29) is 17.4 Å². The fourth-order valence-corrected chi connectivity index (χ4v) is 1.80. The van der Waals surface area contributed by atoms with Crippen molar-refractivity contribution >= 4 is 5.91 Å². The summed E-state index contributed by atoms with van der Waals surface area (Å²) in [4.78, 5) is 18.5. The van der Waals surface area contributed by atoms with Crippen LogP contribution in [-0.2, 0) is 16.1 Å². The summed E-state index contributed by atoms with van der Waals surface area (Å²) in [7, 11) is 1.63. The Labute approximate surface area is 127 Å². The van der Waals surface area contributed by atoms with E-state index in [9.17, 15) is 4.79 Å². The van der Waals surface area contributed by atoms with Crippen molar-refractivity contribution in [3.05, 3.63) is 30.1 Å². The molecule has 0 radical (unpaired) electrons. The Morgan fingerprint density at radius 1 is 1.43 bits per heavy atom. The van der Waals surface area contributed by atoms with Crippen LogP contribution in [0.1, 0.15) is 32.9 Å². The van der Waals surface area contributed by atoms with Gasteiger partial charge in [0, 0.05) is 32.3 Å². The number of rotatable bonds is 7. The molecular formula is C16H27N3O2. The maximum Gasteiger partial charge on any atom is 0.224 e. The molecule has 1 amide bonds. The van der Waals surface area contributed by atoms with Crippen molar-refractivity contribution in [3.8, 4) is 0 Å². The van der Waals surface area contributed by atoms with E-state index < -0.39 is 0 Å². The lowest BCUT2D eigenvalue weighted by Gasteiger charge is -2.29.